The number of nitro benzene ring substituents is 1. The van der Waals surface area contributed by atoms with Crippen molar-refractivity contribution in [2.24, 2.45) is 22.6 Å². The van der Waals surface area contributed by atoms with Gasteiger partial charge < -0.3 is 5.73 Å². The largest absolute Gasteiger partial charge is 0.382 e. The molecule has 1 aromatic rings. The number of halogens is 3. The first-order chi connectivity index (χ1) is 12.7. The highest BCUT2D eigenvalue weighted by atomic mass is 19.3. The number of aryl methyl sites for hydroxylation is 1. The molecule has 27 heavy (non-hydrogen) atoms. The fourth-order valence-electron chi connectivity index (χ4n) is 1.90. The van der Waals surface area contributed by atoms with Crippen molar-refractivity contribution < 1.29 is 18.1 Å². The fraction of sp³-hybridized carbons (Fsp3) is 0.588. The maximum Gasteiger partial charge on any atom is 0.273 e. The first-order valence-corrected chi connectivity index (χ1v) is 8.58. The van der Waals surface area contributed by atoms with Crippen LogP contribution in [0, 0.1) is 23.0 Å². The molecule has 0 aliphatic heterocycles. The number of hydrazine groups is 1. The van der Waals surface area contributed by atoms with Crippen molar-refractivity contribution in [2.45, 2.75) is 47.0 Å². The molecular weight excluding hydrogens is 363 g/mol. The highest BCUT2D eigenvalue weighted by Gasteiger charge is 2.57. The Morgan fingerprint density at radius 3 is 2.22 bits per heavy atom. The number of amidine groups is 1. The van der Waals surface area contributed by atoms with E-state index in [4.69, 9.17) is 11.6 Å². The molecule has 0 amide bonds. The minimum Gasteiger partial charge on any atom is -0.382 e. The van der Waals surface area contributed by atoms with Crippen LogP contribution in [0.5, 0.6) is 0 Å². The van der Waals surface area contributed by atoms with E-state index in [0.29, 0.717) is 18.3 Å². The summed E-state index contributed by atoms with van der Waals surface area (Å²) in [5.41, 5.74) is 6.40. The number of rotatable bonds is 5. The Labute approximate surface area is 158 Å². The van der Waals surface area contributed by atoms with Crippen LogP contribution in [0.1, 0.15) is 45.2 Å². The monoisotopic (exact) mass is 393 g/mol. The molecule has 1 saturated carbocycles. The number of nitrogens with zero attached hydrogens (tertiary/aromatic N) is 3. The fourth-order valence-corrected chi connectivity index (χ4v) is 1.90. The minimum absolute atomic E-state index is 0.0652. The lowest BCUT2D eigenvalue weighted by Crippen LogP contribution is -2.32. The molecule has 0 aromatic heterocycles. The average molecular weight is 393 g/mol. The van der Waals surface area contributed by atoms with E-state index in [0.717, 1.165) is 5.12 Å². The number of benzene rings is 1. The van der Waals surface area contributed by atoms with E-state index < -0.39 is 16.8 Å². The molecule has 1 aromatic carbocycles. The van der Waals surface area contributed by atoms with Gasteiger partial charge in [-0.3, -0.25) is 14.5 Å². The van der Waals surface area contributed by atoms with E-state index in [-0.39, 0.29) is 24.5 Å². The summed E-state index contributed by atoms with van der Waals surface area (Å²) in [5, 5.41) is 15.5. The molecule has 0 bridgehead atoms. The minimum atomic E-state index is -2.69. The van der Waals surface area contributed by atoms with Gasteiger partial charge in [0.1, 0.15) is 0 Å². The van der Waals surface area contributed by atoms with Gasteiger partial charge >= 0.3 is 0 Å². The Morgan fingerprint density at radius 2 is 1.81 bits per heavy atom. The second kappa shape index (κ2) is 12.9. The van der Waals surface area contributed by atoms with Crippen LogP contribution in [0.2, 0.25) is 0 Å². The smallest absolute Gasteiger partial charge is 0.273 e. The van der Waals surface area contributed by atoms with E-state index in [1.807, 2.05) is 27.7 Å². The lowest BCUT2D eigenvalue weighted by Gasteiger charge is -2.13. The van der Waals surface area contributed by atoms with Crippen molar-refractivity contribution in [3.63, 3.8) is 0 Å². The van der Waals surface area contributed by atoms with Crippen molar-refractivity contribution >= 4 is 11.5 Å². The molecule has 0 spiro atoms. The number of hydrazone groups is 1. The third-order valence-corrected chi connectivity index (χ3v) is 3.30. The van der Waals surface area contributed by atoms with Gasteiger partial charge in [0.25, 0.3) is 11.6 Å². The van der Waals surface area contributed by atoms with Gasteiger partial charge in [-0.05, 0) is 6.92 Å². The summed E-state index contributed by atoms with van der Waals surface area (Å²) in [4.78, 5) is 10.3. The third kappa shape index (κ3) is 8.72. The maximum absolute atomic E-state index is 12.8. The van der Waals surface area contributed by atoms with Gasteiger partial charge in [-0.25, -0.2) is 19.7 Å². The van der Waals surface area contributed by atoms with Gasteiger partial charge in [-0.2, -0.15) is 0 Å². The van der Waals surface area contributed by atoms with E-state index in [1.165, 1.54) is 12.1 Å². The molecule has 2 rings (SSSR count). The quantitative estimate of drug-likeness (QED) is 0.258. The molecule has 0 radical (unpaired) electrons. The molecule has 0 saturated heterocycles. The zero-order valence-corrected chi connectivity index (χ0v) is 16.7. The van der Waals surface area contributed by atoms with E-state index >= 15 is 0 Å². The van der Waals surface area contributed by atoms with Crippen LogP contribution >= 0.6 is 0 Å². The predicted molar refractivity (Wildman–Crippen MR) is 102 cm³/mol. The molecular formula is C17H30F3N5O2. The molecule has 156 valence electrons. The summed E-state index contributed by atoms with van der Waals surface area (Å²) in [7, 11) is 0.500. The van der Waals surface area contributed by atoms with E-state index in [9.17, 15) is 23.3 Å². The second-order valence-corrected chi connectivity index (χ2v) is 5.03. The molecule has 1 aliphatic rings. The van der Waals surface area contributed by atoms with Crippen LogP contribution in [0.25, 0.3) is 0 Å². The Hall–Kier alpha value is -2.36. The van der Waals surface area contributed by atoms with E-state index in [1.54, 1.807) is 13.0 Å². The Balaban J connectivity index is 0. The van der Waals surface area contributed by atoms with Gasteiger partial charge in [0.15, 0.2) is 5.84 Å². The summed E-state index contributed by atoms with van der Waals surface area (Å²) in [6, 6.07) is 4.36. The molecule has 7 nitrogen and oxygen atoms in total. The van der Waals surface area contributed by atoms with Crippen LogP contribution in [0.15, 0.2) is 23.3 Å². The molecule has 1 aliphatic carbocycles. The molecule has 1 atom stereocenters. The summed E-state index contributed by atoms with van der Waals surface area (Å²) in [6.07, 6.45) is -0.216. The number of hydrogen-bond donors (Lipinski definition) is 2. The first-order valence-electron chi connectivity index (χ1n) is 8.58. The average Bonchev–Trinajstić information content (AvgIpc) is 3.25. The topological polar surface area (TPSA) is 111 Å². The van der Waals surface area contributed by atoms with Crippen LogP contribution < -0.4 is 11.6 Å². The standard InChI is InChI=1S/C12H15F2N5O2.2C2H6.CH3F/c1-7-2-3-8(4-10(7)19(20)21)11(15)17-18(16)6-9-5-12(9,13)14;3*1-2/h2-4,9H,5-6,16H2,1H3,(H2,15,17);2*1-2H3;1H3. The highest BCUT2D eigenvalue weighted by Crippen LogP contribution is 2.48. The van der Waals surface area contributed by atoms with Gasteiger partial charge in [-0.1, -0.05) is 39.8 Å². The van der Waals surface area contributed by atoms with Crippen molar-refractivity contribution in [2.75, 3.05) is 13.7 Å². The van der Waals surface area contributed by atoms with Crippen LogP contribution in [-0.4, -0.2) is 35.5 Å². The van der Waals surface area contributed by atoms with Gasteiger partial charge in [-0.15, -0.1) is 5.10 Å². The van der Waals surface area contributed by atoms with Gasteiger partial charge in [0.2, 0.25) is 0 Å². The van der Waals surface area contributed by atoms with Crippen molar-refractivity contribution in [3.05, 3.63) is 39.4 Å². The Bertz CT molecular complexity index is 612. The number of nitro groups is 1. The van der Waals surface area contributed by atoms with Crippen LogP contribution in [-0.2, 0) is 0 Å². The molecule has 10 heteroatoms. The first kappa shape index (κ1) is 26.9. The normalized spacial score (nSPS) is 16.4. The Kier molecular flexibility index (Phi) is 12.8. The van der Waals surface area contributed by atoms with Crippen molar-refractivity contribution in [1.82, 2.24) is 5.12 Å². The predicted octanol–water partition coefficient (Wildman–Crippen LogP) is 3.99. The molecule has 1 unspecified atom stereocenters. The second-order valence-electron chi connectivity index (χ2n) is 5.03. The zero-order valence-electron chi connectivity index (χ0n) is 16.7. The third-order valence-electron chi connectivity index (χ3n) is 3.30. The lowest BCUT2D eigenvalue weighted by atomic mass is 10.1. The number of hydrogen-bond acceptors (Lipinski definition) is 5. The summed E-state index contributed by atoms with van der Waals surface area (Å²) in [6.45, 7) is 9.47. The number of alkyl halides is 3. The lowest BCUT2D eigenvalue weighted by molar-refractivity contribution is -0.385. The number of nitrogens with two attached hydrogens (primary N) is 2. The van der Waals surface area contributed by atoms with Crippen LogP contribution in [0.4, 0.5) is 18.9 Å². The van der Waals surface area contributed by atoms with Crippen LogP contribution in [0.3, 0.4) is 0 Å². The molecule has 1 fully saturated rings. The summed E-state index contributed by atoms with van der Waals surface area (Å²) < 4.78 is 35.0. The molecule has 0 heterocycles. The van der Waals surface area contributed by atoms with Crippen molar-refractivity contribution in [3.8, 4) is 0 Å². The SMILES string of the molecule is CC.CC.CF.Cc1ccc(/C(N)=N/N(N)CC2CC2(F)F)cc1[N+](=O)[O-]. The maximum atomic E-state index is 12.8. The zero-order chi connectivity index (χ0) is 21.8. The summed E-state index contributed by atoms with van der Waals surface area (Å²) >= 11 is 0. The van der Waals surface area contributed by atoms with Crippen molar-refractivity contribution in [1.29, 1.82) is 0 Å². The molecule has 4 N–H and O–H groups in total. The summed E-state index contributed by atoms with van der Waals surface area (Å²) in [5.74, 6) is 1.92. The van der Waals surface area contributed by atoms with Gasteiger partial charge in [0.05, 0.1) is 18.6 Å². The highest BCUT2D eigenvalue weighted by molar-refractivity contribution is 5.97. The Morgan fingerprint density at radius 1 is 1.33 bits per heavy atom. The van der Waals surface area contributed by atoms with E-state index in [2.05, 4.69) is 5.10 Å². The van der Waals surface area contributed by atoms with Gasteiger partial charge in [0, 0.05) is 29.5 Å².